The molecule has 1 aliphatic carbocycles. The molecular weight excluding hydrogens is 397 g/mol. The van der Waals surface area contributed by atoms with Crippen LogP contribution in [0.5, 0.6) is 0 Å². The number of ether oxygens (including phenoxy) is 1. The molecule has 1 amide bonds. The average molecular weight is 414 g/mol. The van der Waals surface area contributed by atoms with Gasteiger partial charge in [-0.05, 0) is 49.9 Å². The standard InChI is InChI=1S/C22H17F3N2O3/c1-11(21(28)27-17-10-9-14(23)19(24)20(17)25)30-22(29)18-12-5-2-3-7-15(12)26-16-8-4-6-13(16)18/h2-3,5,7,9-11H,4,6,8H2,1H3,(H,27,28). The van der Waals surface area contributed by atoms with Crippen LogP contribution in [0.25, 0.3) is 10.9 Å². The van der Waals surface area contributed by atoms with Gasteiger partial charge in [-0.25, -0.2) is 18.0 Å². The summed E-state index contributed by atoms with van der Waals surface area (Å²) in [6.45, 7) is 1.31. The Morgan fingerprint density at radius 3 is 2.63 bits per heavy atom. The Labute approximate surface area is 169 Å². The summed E-state index contributed by atoms with van der Waals surface area (Å²) < 4.78 is 45.5. The molecule has 4 rings (SSSR count). The lowest BCUT2D eigenvalue weighted by Crippen LogP contribution is -2.30. The van der Waals surface area contributed by atoms with Gasteiger partial charge in [-0.2, -0.15) is 0 Å². The van der Waals surface area contributed by atoms with Gasteiger partial charge < -0.3 is 10.1 Å². The minimum Gasteiger partial charge on any atom is -0.449 e. The average Bonchev–Trinajstić information content (AvgIpc) is 3.20. The number of carbonyl (C=O) groups excluding carboxylic acids is 2. The van der Waals surface area contributed by atoms with Crippen molar-refractivity contribution in [1.82, 2.24) is 4.98 Å². The zero-order valence-electron chi connectivity index (χ0n) is 16.0. The molecule has 0 fully saturated rings. The number of amides is 1. The fourth-order valence-corrected chi connectivity index (χ4v) is 3.57. The van der Waals surface area contributed by atoms with Gasteiger partial charge in [-0.1, -0.05) is 18.2 Å². The summed E-state index contributed by atoms with van der Waals surface area (Å²) in [5.41, 5.74) is 2.12. The monoisotopic (exact) mass is 414 g/mol. The number of para-hydroxylation sites is 1. The zero-order valence-corrected chi connectivity index (χ0v) is 16.0. The van der Waals surface area contributed by atoms with E-state index in [1.54, 1.807) is 18.2 Å². The third-order valence-corrected chi connectivity index (χ3v) is 5.07. The summed E-state index contributed by atoms with van der Waals surface area (Å²) in [4.78, 5) is 29.9. The van der Waals surface area contributed by atoms with Gasteiger partial charge in [-0.15, -0.1) is 0 Å². The number of pyridine rings is 1. The molecule has 2 aromatic carbocycles. The fraction of sp³-hybridized carbons (Fsp3) is 0.227. The maximum atomic E-state index is 13.8. The van der Waals surface area contributed by atoms with Crippen LogP contribution in [0.2, 0.25) is 0 Å². The summed E-state index contributed by atoms with van der Waals surface area (Å²) in [7, 11) is 0. The molecule has 1 heterocycles. The molecule has 5 nitrogen and oxygen atoms in total. The molecule has 1 aromatic heterocycles. The van der Waals surface area contributed by atoms with E-state index in [9.17, 15) is 22.8 Å². The highest BCUT2D eigenvalue weighted by Crippen LogP contribution is 2.30. The van der Waals surface area contributed by atoms with E-state index >= 15 is 0 Å². The van der Waals surface area contributed by atoms with E-state index in [2.05, 4.69) is 10.3 Å². The molecule has 3 aromatic rings. The quantitative estimate of drug-likeness (QED) is 0.510. The third kappa shape index (κ3) is 3.49. The number of aryl methyl sites for hydroxylation is 1. The van der Waals surface area contributed by atoms with Gasteiger partial charge in [0.15, 0.2) is 23.6 Å². The van der Waals surface area contributed by atoms with Gasteiger partial charge in [0.1, 0.15) is 0 Å². The molecule has 0 saturated carbocycles. The van der Waals surface area contributed by atoms with E-state index in [1.807, 2.05) is 6.07 Å². The third-order valence-electron chi connectivity index (χ3n) is 5.07. The van der Waals surface area contributed by atoms with E-state index in [4.69, 9.17) is 4.74 Å². The Bertz CT molecular complexity index is 1180. The lowest BCUT2D eigenvalue weighted by molar-refractivity contribution is -0.123. The Morgan fingerprint density at radius 2 is 1.83 bits per heavy atom. The fourth-order valence-electron chi connectivity index (χ4n) is 3.57. The lowest BCUT2D eigenvalue weighted by atomic mass is 10.0. The van der Waals surface area contributed by atoms with Crippen LogP contribution in [-0.2, 0) is 22.4 Å². The molecule has 30 heavy (non-hydrogen) atoms. The molecule has 0 bridgehead atoms. The Hall–Kier alpha value is -3.42. The highest BCUT2D eigenvalue weighted by atomic mass is 19.2. The van der Waals surface area contributed by atoms with E-state index < -0.39 is 41.1 Å². The predicted molar refractivity (Wildman–Crippen MR) is 104 cm³/mol. The van der Waals surface area contributed by atoms with E-state index in [1.165, 1.54) is 6.92 Å². The first-order chi connectivity index (χ1) is 14.4. The van der Waals surface area contributed by atoms with Gasteiger partial charge in [0.25, 0.3) is 5.91 Å². The van der Waals surface area contributed by atoms with Crippen LogP contribution in [0.1, 0.15) is 35.0 Å². The van der Waals surface area contributed by atoms with Crippen LogP contribution in [-0.4, -0.2) is 23.0 Å². The number of nitrogens with one attached hydrogen (secondary N) is 1. The lowest BCUT2D eigenvalue weighted by Gasteiger charge is -2.16. The van der Waals surface area contributed by atoms with Crippen molar-refractivity contribution in [3.63, 3.8) is 0 Å². The molecule has 1 N–H and O–H groups in total. The second-order valence-corrected chi connectivity index (χ2v) is 7.04. The number of hydrogen-bond donors (Lipinski definition) is 1. The molecule has 1 aliphatic rings. The number of aromatic nitrogens is 1. The predicted octanol–water partition coefficient (Wildman–Crippen LogP) is 4.32. The van der Waals surface area contributed by atoms with E-state index in [0.717, 1.165) is 30.2 Å². The van der Waals surface area contributed by atoms with Crippen molar-refractivity contribution in [3.05, 3.63) is 70.7 Å². The number of halogens is 3. The van der Waals surface area contributed by atoms with Crippen molar-refractivity contribution in [2.24, 2.45) is 0 Å². The van der Waals surface area contributed by atoms with Crippen molar-refractivity contribution in [2.45, 2.75) is 32.3 Å². The molecule has 8 heteroatoms. The Balaban J connectivity index is 1.57. The highest BCUT2D eigenvalue weighted by Gasteiger charge is 2.28. The van der Waals surface area contributed by atoms with Gasteiger partial charge >= 0.3 is 5.97 Å². The molecule has 0 radical (unpaired) electrons. The number of anilines is 1. The zero-order chi connectivity index (χ0) is 21.4. The van der Waals surface area contributed by atoms with Gasteiger partial charge in [0.05, 0.1) is 16.8 Å². The SMILES string of the molecule is CC(OC(=O)c1c2c(nc3ccccc13)CCC2)C(=O)Nc1ccc(F)c(F)c1F. The van der Waals surface area contributed by atoms with E-state index in [0.29, 0.717) is 29.0 Å². The largest absolute Gasteiger partial charge is 0.449 e. The van der Waals surface area contributed by atoms with Crippen LogP contribution in [0.15, 0.2) is 36.4 Å². The molecule has 0 saturated heterocycles. The minimum absolute atomic E-state index is 0.367. The molecule has 0 aliphatic heterocycles. The second kappa shape index (κ2) is 7.78. The van der Waals surface area contributed by atoms with E-state index in [-0.39, 0.29) is 0 Å². The van der Waals surface area contributed by atoms with Crippen molar-refractivity contribution < 1.29 is 27.5 Å². The minimum atomic E-state index is -1.70. The van der Waals surface area contributed by atoms with Crippen LogP contribution in [0.4, 0.5) is 18.9 Å². The van der Waals surface area contributed by atoms with Gasteiger partial charge in [0.2, 0.25) is 0 Å². The maximum absolute atomic E-state index is 13.8. The number of carbonyl (C=O) groups is 2. The smallest absolute Gasteiger partial charge is 0.339 e. The number of esters is 1. The van der Waals surface area contributed by atoms with Crippen LogP contribution >= 0.6 is 0 Å². The summed E-state index contributed by atoms with van der Waals surface area (Å²) in [5.74, 6) is -6.16. The summed E-state index contributed by atoms with van der Waals surface area (Å²) in [6, 6.07) is 8.74. The van der Waals surface area contributed by atoms with Crippen LogP contribution in [0, 0.1) is 17.5 Å². The van der Waals surface area contributed by atoms with Gasteiger partial charge in [-0.3, -0.25) is 9.78 Å². The van der Waals surface area contributed by atoms with Gasteiger partial charge in [0, 0.05) is 11.1 Å². The number of benzene rings is 2. The highest BCUT2D eigenvalue weighted by molar-refractivity contribution is 6.06. The van der Waals surface area contributed by atoms with Crippen molar-refractivity contribution in [3.8, 4) is 0 Å². The summed E-state index contributed by atoms with van der Waals surface area (Å²) >= 11 is 0. The Morgan fingerprint density at radius 1 is 1.07 bits per heavy atom. The number of fused-ring (bicyclic) bond motifs is 2. The van der Waals surface area contributed by atoms with Crippen LogP contribution in [0.3, 0.4) is 0 Å². The normalized spacial score (nSPS) is 13.7. The molecule has 1 unspecified atom stereocenters. The molecule has 154 valence electrons. The Kier molecular flexibility index (Phi) is 5.15. The first-order valence-electron chi connectivity index (χ1n) is 9.42. The molecule has 0 spiro atoms. The first-order valence-corrected chi connectivity index (χ1v) is 9.42. The summed E-state index contributed by atoms with van der Waals surface area (Å²) in [5, 5.41) is 2.74. The van der Waals surface area contributed by atoms with Crippen molar-refractivity contribution in [2.75, 3.05) is 5.32 Å². The van der Waals surface area contributed by atoms with Crippen LogP contribution < -0.4 is 5.32 Å². The van der Waals surface area contributed by atoms with Crippen molar-refractivity contribution >= 4 is 28.5 Å². The first kappa shape index (κ1) is 19.9. The molecular formula is C22H17F3N2O3. The summed E-state index contributed by atoms with van der Waals surface area (Å²) in [6.07, 6.45) is 1.00. The van der Waals surface area contributed by atoms with Crippen molar-refractivity contribution in [1.29, 1.82) is 0 Å². The molecule has 1 atom stereocenters. The second-order valence-electron chi connectivity index (χ2n) is 7.04. The number of rotatable bonds is 4. The number of nitrogens with zero attached hydrogens (tertiary/aromatic N) is 1. The number of hydrogen-bond acceptors (Lipinski definition) is 4. The topological polar surface area (TPSA) is 68.3 Å². The maximum Gasteiger partial charge on any atom is 0.339 e.